The summed E-state index contributed by atoms with van der Waals surface area (Å²) in [6.45, 7) is 4.00. The van der Waals surface area contributed by atoms with Crippen molar-refractivity contribution in [3.8, 4) is 0 Å². The molecule has 1 aliphatic heterocycles. The van der Waals surface area contributed by atoms with E-state index in [0.717, 1.165) is 19.5 Å². The van der Waals surface area contributed by atoms with Gasteiger partial charge in [-0.1, -0.05) is 0 Å². The SMILES string of the molecule is CC(CN(C)C)NC(=O)CC1CCCN1. The first-order chi connectivity index (χ1) is 7.08. The van der Waals surface area contributed by atoms with Crippen molar-refractivity contribution in [2.75, 3.05) is 27.2 Å². The Morgan fingerprint density at radius 3 is 2.87 bits per heavy atom. The smallest absolute Gasteiger partial charge is 0.221 e. The van der Waals surface area contributed by atoms with Crippen LogP contribution in [0.2, 0.25) is 0 Å². The van der Waals surface area contributed by atoms with Crippen LogP contribution < -0.4 is 10.6 Å². The van der Waals surface area contributed by atoms with Gasteiger partial charge in [-0.05, 0) is 40.4 Å². The molecule has 0 saturated carbocycles. The quantitative estimate of drug-likeness (QED) is 0.685. The molecule has 0 aromatic carbocycles. The van der Waals surface area contributed by atoms with E-state index in [-0.39, 0.29) is 11.9 Å². The zero-order valence-corrected chi connectivity index (χ0v) is 10.0. The van der Waals surface area contributed by atoms with Crippen molar-refractivity contribution >= 4 is 5.91 Å². The van der Waals surface area contributed by atoms with Crippen molar-refractivity contribution in [1.82, 2.24) is 15.5 Å². The molecule has 0 aliphatic carbocycles. The van der Waals surface area contributed by atoms with Crippen molar-refractivity contribution in [3.05, 3.63) is 0 Å². The predicted molar refractivity (Wildman–Crippen MR) is 61.8 cm³/mol. The van der Waals surface area contributed by atoms with Crippen LogP contribution in [0.25, 0.3) is 0 Å². The van der Waals surface area contributed by atoms with Crippen LogP contribution in [0.15, 0.2) is 0 Å². The minimum absolute atomic E-state index is 0.170. The lowest BCUT2D eigenvalue weighted by Gasteiger charge is -2.19. The topological polar surface area (TPSA) is 44.4 Å². The molecule has 4 heteroatoms. The molecule has 0 aromatic rings. The fourth-order valence-corrected chi connectivity index (χ4v) is 2.08. The van der Waals surface area contributed by atoms with Crippen LogP contribution >= 0.6 is 0 Å². The maximum absolute atomic E-state index is 11.6. The van der Waals surface area contributed by atoms with E-state index in [2.05, 4.69) is 15.5 Å². The summed E-state index contributed by atoms with van der Waals surface area (Å²) >= 11 is 0. The van der Waals surface area contributed by atoms with Gasteiger partial charge in [0.25, 0.3) is 0 Å². The third-order valence-electron chi connectivity index (χ3n) is 2.64. The predicted octanol–water partition coefficient (Wildman–Crippen LogP) is 0.195. The Kier molecular flexibility index (Phi) is 5.05. The molecule has 15 heavy (non-hydrogen) atoms. The molecule has 0 spiro atoms. The fraction of sp³-hybridized carbons (Fsp3) is 0.909. The largest absolute Gasteiger partial charge is 0.352 e. The van der Waals surface area contributed by atoms with E-state index in [1.54, 1.807) is 0 Å². The summed E-state index contributed by atoms with van der Waals surface area (Å²) in [7, 11) is 4.03. The van der Waals surface area contributed by atoms with Crippen molar-refractivity contribution in [2.45, 2.75) is 38.3 Å². The van der Waals surface area contributed by atoms with Gasteiger partial charge in [-0.25, -0.2) is 0 Å². The number of hydrogen-bond acceptors (Lipinski definition) is 3. The summed E-state index contributed by atoms with van der Waals surface area (Å²) in [4.78, 5) is 13.7. The Morgan fingerprint density at radius 1 is 1.60 bits per heavy atom. The van der Waals surface area contributed by atoms with Crippen LogP contribution in [0.4, 0.5) is 0 Å². The van der Waals surface area contributed by atoms with Crippen LogP contribution in [-0.2, 0) is 4.79 Å². The minimum atomic E-state index is 0.170. The second-order valence-electron chi connectivity index (χ2n) is 4.73. The summed E-state index contributed by atoms with van der Waals surface area (Å²) in [5, 5.41) is 6.35. The molecule has 1 saturated heterocycles. The van der Waals surface area contributed by atoms with Crippen LogP contribution in [-0.4, -0.2) is 50.1 Å². The summed E-state index contributed by atoms with van der Waals surface area (Å²) in [5.74, 6) is 0.170. The number of carbonyl (C=O) groups is 1. The molecule has 88 valence electrons. The second kappa shape index (κ2) is 6.08. The average Bonchev–Trinajstić information content (AvgIpc) is 2.53. The summed E-state index contributed by atoms with van der Waals surface area (Å²) in [6.07, 6.45) is 2.96. The third kappa shape index (κ3) is 5.14. The normalized spacial score (nSPS) is 23.1. The molecule has 2 N–H and O–H groups in total. The molecule has 2 unspecified atom stereocenters. The molecule has 0 aromatic heterocycles. The first-order valence-corrected chi connectivity index (χ1v) is 5.75. The lowest BCUT2D eigenvalue weighted by atomic mass is 10.1. The maximum Gasteiger partial charge on any atom is 0.221 e. The molecule has 1 heterocycles. The Bertz CT molecular complexity index is 200. The van der Waals surface area contributed by atoms with Gasteiger partial charge in [0.05, 0.1) is 0 Å². The molecule has 1 rings (SSSR count). The molecular weight excluding hydrogens is 190 g/mol. The fourth-order valence-electron chi connectivity index (χ4n) is 2.08. The Balaban J connectivity index is 2.16. The minimum Gasteiger partial charge on any atom is -0.352 e. The second-order valence-corrected chi connectivity index (χ2v) is 4.73. The molecule has 0 bridgehead atoms. The van der Waals surface area contributed by atoms with Gasteiger partial charge >= 0.3 is 0 Å². The zero-order chi connectivity index (χ0) is 11.3. The standard InChI is InChI=1S/C11H23N3O/c1-9(8-14(2)3)13-11(15)7-10-5-4-6-12-10/h9-10,12H,4-8H2,1-3H3,(H,13,15). The highest BCUT2D eigenvalue weighted by atomic mass is 16.1. The van der Waals surface area contributed by atoms with E-state index in [9.17, 15) is 4.79 Å². The van der Waals surface area contributed by atoms with Crippen molar-refractivity contribution in [1.29, 1.82) is 0 Å². The molecule has 1 amide bonds. The van der Waals surface area contributed by atoms with Crippen molar-refractivity contribution < 1.29 is 4.79 Å². The Morgan fingerprint density at radius 2 is 2.33 bits per heavy atom. The molecular formula is C11H23N3O. The van der Waals surface area contributed by atoms with Crippen LogP contribution in [0.1, 0.15) is 26.2 Å². The molecule has 1 aliphatic rings. The van der Waals surface area contributed by atoms with E-state index in [1.807, 2.05) is 21.0 Å². The third-order valence-corrected chi connectivity index (χ3v) is 2.64. The Hall–Kier alpha value is -0.610. The number of amides is 1. The van der Waals surface area contributed by atoms with Crippen molar-refractivity contribution in [2.24, 2.45) is 0 Å². The molecule has 4 nitrogen and oxygen atoms in total. The number of nitrogens with one attached hydrogen (secondary N) is 2. The summed E-state index contributed by atoms with van der Waals surface area (Å²) in [6, 6.07) is 0.630. The highest BCUT2D eigenvalue weighted by Gasteiger charge is 2.18. The van der Waals surface area contributed by atoms with Gasteiger partial charge in [-0.3, -0.25) is 4.79 Å². The van der Waals surface area contributed by atoms with Gasteiger partial charge in [0, 0.05) is 25.0 Å². The number of nitrogens with zero attached hydrogens (tertiary/aromatic N) is 1. The molecule has 2 atom stereocenters. The van der Waals surface area contributed by atoms with Gasteiger partial charge in [-0.15, -0.1) is 0 Å². The van der Waals surface area contributed by atoms with Crippen LogP contribution in [0, 0.1) is 0 Å². The average molecular weight is 213 g/mol. The number of hydrogen-bond donors (Lipinski definition) is 2. The van der Waals surface area contributed by atoms with Gasteiger partial charge in [-0.2, -0.15) is 0 Å². The summed E-state index contributed by atoms with van der Waals surface area (Å²) in [5.41, 5.74) is 0. The number of rotatable bonds is 5. The van der Waals surface area contributed by atoms with Gasteiger partial charge in [0.15, 0.2) is 0 Å². The van der Waals surface area contributed by atoms with Gasteiger partial charge in [0.1, 0.15) is 0 Å². The maximum atomic E-state index is 11.6. The number of likely N-dealkylation sites (N-methyl/N-ethyl adjacent to an activating group) is 1. The van der Waals surface area contributed by atoms with E-state index < -0.39 is 0 Å². The van der Waals surface area contributed by atoms with E-state index in [4.69, 9.17) is 0 Å². The Labute approximate surface area is 92.4 Å². The first-order valence-electron chi connectivity index (χ1n) is 5.75. The van der Waals surface area contributed by atoms with Crippen molar-refractivity contribution in [3.63, 3.8) is 0 Å². The molecule has 1 fully saturated rings. The first kappa shape index (κ1) is 12.5. The number of carbonyl (C=O) groups excluding carboxylic acids is 1. The lowest BCUT2D eigenvalue weighted by Crippen LogP contribution is -2.41. The van der Waals surface area contributed by atoms with E-state index in [1.165, 1.54) is 6.42 Å². The highest BCUT2D eigenvalue weighted by Crippen LogP contribution is 2.08. The highest BCUT2D eigenvalue weighted by molar-refractivity contribution is 5.76. The van der Waals surface area contributed by atoms with Gasteiger partial charge < -0.3 is 15.5 Å². The summed E-state index contributed by atoms with van der Waals surface area (Å²) < 4.78 is 0. The van der Waals surface area contributed by atoms with Gasteiger partial charge in [0.2, 0.25) is 5.91 Å². The lowest BCUT2D eigenvalue weighted by molar-refractivity contribution is -0.122. The molecule has 0 radical (unpaired) electrons. The van der Waals surface area contributed by atoms with E-state index >= 15 is 0 Å². The monoisotopic (exact) mass is 213 g/mol. The van der Waals surface area contributed by atoms with E-state index in [0.29, 0.717) is 12.5 Å². The zero-order valence-electron chi connectivity index (χ0n) is 10.0. The van der Waals surface area contributed by atoms with Crippen LogP contribution in [0.5, 0.6) is 0 Å². The van der Waals surface area contributed by atoms with Crippen LogP contribution in [0.3, 0.4) is 0 Å².